The summed E-state index contributed by atoms with van der Waals surface area (Å²) in [6, 6.07) is 2.78. The second-order valence-corrected chi connectivity index (χ2v) is 5.69. The third kappa shape index (κ3) is 2.51. The van der Waals surface area contributed by atoms with Gasteiger partial charge in [0.25, 0.3) is 0 Å². The minimum atomic E-state index is -3.46. The van der Waals surface area contributed by atoms with E-state index in [2.05, 4.69) is 4.98 Å². The number of hydrogen-bond acceptors (Lipinski definition) is 4. The van der Waals surface area contributed by atoms with E-state index in [9.17, 15) is 8.42 Å². The maximum atomic E-state index is 12.1. The van der Waals surface area contributed by atoms with Gasteiger partial charge in [-0.15, -0.1) is 0 Å². The van der Waals surface area contributed by atoms with Gasteiger partial charge in [0.05, 0.1) is 4.90 Å². The van der Waals surface area contributed by atoms with Crippen molar-refractivity contribution >= 4 is 15.8 Å². The first-order valence-corrected chi connectivity index (χ1v) is 6.53. The zero-order valence-electron chi connectivity index (χ0n) is 9.71. The van der Waals surface area contributed by atoms with Gasteiger partial charge >= 0.3 is 0 Å². The monoisotopic (exact) mass is 243 g/mol. The lowest BCUT2D eigenvalue weighted by Gasteiger charge is -2.23. The van der Waals surface area contributed by atoms with Crippen LogP contribution in [0.25, 0.3) is 0 Å². The fraction of sp³-hybridized carbons (Fsp3) is 0.500. The van der Waals surface area contributed by atoms with Crippen LogP contribution in [0.15, 0.2) is 23.2 Å². The average Bonchev–Trinajstić information content (AvgIpc) is 2.27. The molecule has 1 rings (SSSR count). The first kappa shape index (κ1) is 12.9. The third-order valence-electron chi connectivity index (χ3n) is 2.64. The van der Waals surface area contributed by atoms with Gasteiger partial charge in [-0.1, -0.05) is 6.92 Å². The quantitative estimate of drug-likeness (QED) is 0.858. The fourth-order valence-corrected chi connectivity index (χ4v) is 2.71. The smallest absolute Gasteiger partial charge is 0.243 e. The van der Waals surface area contributed by atoms with Crippen molar-refractivity contribution in [3.05, 3.63) is 18.3 Å². The number of hydrogen-bond donors (Lipinski definition) is 1. The molecule has 0 aliphatic rings. The van der Waals surface area contributed by atoms with Crippen molar-refractivity contribution in [2.45, 2.75) is 31.2 Å². The molecule has 0 radical (unpaired) electrons. The minimum absolute atomic E-state index is 0.0422. The molecule has 0 saturated carbocycles. The van der Waals surface area contributed by atoms with E-state index in [1.165, 1.54) is 22.6 Å². The normalized spacial score (nSPS) is 14.0. The van der Waals surface area contributed by atoms with Gasteiger partial charge in [-0.2, -0.15) is 4.31 Å². The molecule has 0 bridgehead atoms. The molecule has 2 N–H and O–H groups in total. The van der Waals surface area contributed by atoms with E-state index < -0.39 is 10.0 Å². The Morgan fingerprint density at radius 2 is 2.19 bits per heavy atom. The number of aromatic nitrogens is 1. The van der Waals surface area contributed by atoms with E-state index >= 15 is 0 Å². The number of nitrogens with two attached hydrogens (primary N) is 1. The van der Waals surface area contributed by atoms with Crippen molar-refractivity contribution in [3.8, 4) is 0 Å². The molecule has 0 aromatic carbocycles. The predicted octanol–water partition coefficient (Wildman–Crippen LogP) is 1.08. The third-order valence-corrected chi connectivity index (χ3v) is 4.61. The first-order valence-electron chi connectivity index (χ1n) is 5.09. The van der Waals surface area contributed by atoms with Gasteiger partial charge in [-0.3, -0.25) is 0 Å². The lowest BCUT2D eigenvalue weighted by atomic mass is 10.3. The van der Waals surface area contributed by atoms with E-state index in [1.807, 2.05) is 13.8 Å². The molecule has 1 unspecified atom stereocenters. The SMILES string of the molecule is CCC(C)N(C)S(=O)(=O)c1ccnc(N)c1. The van der Waals surface area contributed by atoms with Gasteiger partial charge in [0.2, 0.25) is 10.0 Å². The van der Waals surface area contributed by atoms with Gasteiger partial charge in [-0.25, -0.2) is 13.4 Å². The fourth-order valence-electron chi connectivity index (χ4n) is 1.25. The molecule has 6 heteroatoms. The van der Waals surface area contributed by atoms with Gasteiger partial charge in [-0.05, 0) is 19.4 Å². The molecule has 1 aromatic heterocycles. The Hall–Kier alpha value is -1.14. The van der Waals surface area contributed by atoms with Crippen LogP contribution >= 0.6 is 0 Å². The van der Waals surface area contributed by atoms with Crippen LogP contribution in [-0.2, 0) is 10.0 Å². The van der Waals surface area contributed by atoms with Crippen molar-refractivity contribution in [3.63, 3.8) is 0 Å². The lowest BCUT2D eigenvalue weighted by molar-refractivity contribution is 0.380. The van der Waals surface area contributed by atoms with Crippen molar-refractivity contribution in [1.29, 1.82) is 0 Å². The molecule has 16 heavy (non-hydrogen) atoms. The summed E-state index contributed by atoms with van der Waals surface area (Å²) in [5, 5.41) is 0. The van der Waals surface area contributed by atoms with Crippen molar-refractivity contribution in [2.75, 3.05) is 12.8 Å². The number of nitrogens with zero attached hydrogens (tertiary/aromatic N) is 2. The molecule has 1 heterocycles. The van der Waals surface area contributed by atoms with Crippen LogP contribution in [-0.4, -0.2) is 30.8 Å². The maximum Gasteiger partial charge on any atom is 0.243 e. The van der Waals surface area contributed by atoms with Crippen LogP contribution in [0.5, 0.6) is 0 Å². The zero-order valence-corrected chi connectivity index (χ0v) is 10.5. The summed E-state index contributed by atoms with van der Waals surface area (Å²) < 4.78 is 25.6. The van der Waals surface area contributed by atoms with E-state index in [-0.39, 0.29) is 16.8 Å². The molecule has 5 nitrogen and oxygen atoms in total. The predicted molar refractivity (Wildman–Crippen MR) is 63.4 cm³/mol. The molecule has 1 aromatic rings. The Bertz CT molecular complexity index is 459. The van der Waals surface area contributed by atoms with Gasteiger partial charge in [0.15, 0.2) is 0 Å². The van der Waals surface area contributed by atoms with E-state index in [0.29, 0.717) is 0 Å². The molecule has 0 saturated heterocycles. The van der Waals surface area contributed by atoms with Crippen LogP contribution in [0.4, 0.5) is 5.82 Å². The Balaban J connectivity index is 3.12. The summed E-state index contributed by atoms with van der Waals surface area (Å²) in [4.78, 5) is 3.96. The Morgan fingerprint density at radius 1 is 1.56 bits per heavy atom. The summed E-state index contributed by atoms with van der Waals surface area (Å²) >= 11 is 0. The molecule has 1 atom stereocenters. The second kappa shape index (κ2) is 4.80. The lowest BCUT2D eigenvalue weighted by Crippen LogP contribution is -2.34. The van der Waals surface area contributed by atoms with Crippen LogP contribution < -0.4 is 5.73 Å². The highest BCUT2D eigenvalue weighted by molar-refractivity contribution is 7.89. The number of anilines is 1. The average molecular weight is 243 g/mol. The Labute approximate surface area is 96.3 Å². The molecule has 0 aliphatic carbocycles. The van der Waals surface area contributed by atoms with Crippen molar-refractivity contribution in [2.24, 2.45) is 0 Å². The summed E-state index contributed by atoms with van der Waals surface area (Å²) in [7, 11) is -1.89. The summed E-state index contributed by atoms with van der Waals surface area (Å²) in [5.74, 6) is 0.207. The van der Waals surface area contributed by atoms with Crippen LogP contribution in [0.3, 0.4) is 0 Å². The number of rotatable bonds is 4. The zero-order chi connectivity index (χ0) is 12.3. The molecule has 0 aliphatic heterocycles. The first-order chi connectivity index (χ1) is 7.39. The second-order valence-electron chi connectivity index (χ2n) is 3.69. The summed E-state index contributed by atoms with van der Waals surface area (Å²) in [6.45, 7) is 3.81. The molecule has 0 amide bonds. The van der Waals surface area contributed by atoms with Crippen molar-refractivity contribution < 1.29 is 8.42 Å². The van der Waals surface area contributed by atoms with Gasteiger partial charge < -0.3 is 5.73 Å². The highest BCUT2D eigenvalue weighted by Crippen LogP contribution is 2.18. The molecule has 0 spiro atoms. The van der Waals surface area contributed by atoms with Crippen LogP contribution in [0.2, 0.25) is 0 Å². The summed E-state index contributed by atoms with van der Waals surface area (Å²) in [5.41, 5.74) is 5.47. The summed E-state index contributed by atoms with van der Waals surface area (Å²) in [6.07, 6.45) is 2.16. The molecular weight excluding hydrogens is 226 g/mol. The van der Waals surface area contributed by atoms with E-state index in [0.717, 1.165) is 6.42 Å². The number of nitrogen functional groups attached to an aromatic ring is 1. The molecule has 0 fully saturated rings. The van der Waals surface area contributed by atoms with Gasteiger partial charge in [0.1, 0.15) is 5.82 Å². The standard InChI is InChI=1S/C10H17N3O2S/c1-4-8(2)13(3)16(14,15)9-5-6-12-10(11)7-9/h5-8H,4H2,1-3H3,(H2,11,12). The number of pyridine rings is 1. The van der Waals surface area contributed by atoms with Crippen LogP contribution in [0, 0.1) is 0 Å². The van der Waals surface area contributed by atoms with E-state index in [4.69, 9.17) is 5.73 Å². The maximum absolute atomic E-state index is 12.1. The minimum Gasteiger partial charge on any atom is -0.384 e. The number of sulfonamides is 1. The molecule has 90 valence electrons. The largest absolute Gasteiger partial charge is 0.384 e. The topological polar surface area (TPSA) is 76.3 Å². The highest BCUT2D eigenvalue weighted by atomic mass is 32.2. The van der Waals surface area contributed by atoms with Crippen molar-refractivity contribution in [1.82, 2.24) is 9.29 Å². The Kier molecular flexibility index (Phi) is 3.88. The van der Waals surface area contributed by atoms with Gasteiger partial charge in [0, 0.05) is 25.4 Å². The molecular formula is C10H17N3O2S. The Morgan fingerprint density at radius 3 is 2.69 bits per heavy atom. The highest BCUT2D eigenvalue weighted by Gasteiger charge is 2.24. The van der Waals surface area contributed by atoms with E-state index in [1.54, 1.807) is 7.05 Å². The van der Waals surface area contributed by atoms with Crippen LogP contribution in [0.1, 0.15) is 20.3 Å².